The molecule has 1 aromatic heterocycles. The molecule has 6 heteroatoms. The van der Waals surface area contributed by atoms with Crippen molar-refractivity contribution in [3.05, 3.63) is 10.3 Å². The number of aromatic nitrogens is 2. The van der Waals surface area contributed by atoms with Gasteiger partial charge in [0, 0.05) is 13.1 Å². The monoisotopic (exact) mass is 277 g/mol. The first-order valence-electron chi connectivity index (χ1n) is 5.24. The molecule has 2 rings (SSSR count). The fourth-order valence-corrected chi connectivity index (χ4v) is 2.95. The Morgan fingerprint density at radius 1 is 1.06 bits per heavy atom. The van der Waals surface area contributed by atoms with Gasteiger partial charge in [0.2, 0.25) is 0 Å². The summed E-state index contributed by atoms with van der Waals surface area (Å²) in [7, 11) is 0. The van der Waals surface area contributed by atoms with E-state index in [1.165, 1.54) is 31.0 Å². The SMILES string of the molecule is CSc1nc(Cl)c(N2CCCCC2)c(Cl)n1. The van der Waals surface area contributed by atoms with E-state index in [9.17, 15) is 0 Å². The largest absolute Gasteiger partial charge is 0.367 e. The van der Waals surface area contributed by atoms with Gasteiger partial charge in [0.1, 0.15) is 5.69 Å². The minimum atomic E-state index is 0.464. The normalized spacial score (nSPS) is 16.6. The van der Waals surface area contributed by atoms with Crippen LogP contribution in [0.15, 0.2) is 5.16 Å². The maximum Gasteiger partial charge on any atom is 0.190 e. The topological polar surface area (TPSA) is 29.0 Å². The predicted octanol–water partition coefficient (Wildman–Crippen LogP) is 3.50. The van der Waals surface area contributed by atoms with Crippen LogP contribution in [0.4, 0.5) is 5.69 Å². The smallest absolute Gasteiger partial charge is 0.190 e. The van der Waals surface area contributed by atoms with Crippen molar-refractivity contribution in [1.29, 1.82) is 0 Å². The van der Waals surface area contributed by atoms with Gasteiger partial charge in [0.25, 0.3) is 0 Å². The van der Waals surface area contributed by atoms with Gasteiger partial charge in [-0.05, 0) is 25.5 Å². The van der Waals surface area contributed by atoms with Crippen LogP contribution in [0.25, 0.3) is 0 Å². The van der Waals surface area contributed by atoms with Crippen molar-refractivity contribution in [2.24, 2.45) is 0 Å². The molecule has 1 saturated heterocycles. The molecule has 0 aliphatic carbocycles. The molecule has 0 saturated carbocycles. The first-order valence-corrected chi connectivity index (χ1v) is 7.22. The summed E-state index contributed by atoms with van der Waals surface area (Å²) in [5, 5.41) is 1.55. The van der Waals surface area contributed by atoms with Gasteiger partial charge in [-0.15, -0.1) is 0 Å². The lowest BCUT2D eigenvalue weighted by Gasteiger charge is -2.29. The van der Waals surface area contributed by atoms with Crippen LogP contribution in [-0.2, 0) is 0 Å². The fraction of sp³-hybridized carbons (Fsp3) is 0.600. The molecular weight excluding hydrogens is 265 g/mol. The Bertz CT molecular complexity index is 357. The average Bonchev–Trinajstić information content (AvgIpc) is 2.29. The van der Waals surface area contributed by atoms with E-state index in [0.717, 1.165) is 18.8 Å². The quantitative estimate of drug-likeness (QED) is 0.470. The molecule has 0 unspecified atom stereocenters. The Morgan fingerprint density at radius 3 is 2.12 bits per heavy atom. The number of hydrogen-bond donors (Lipinski definition) is 0. The van der Waals surface area contributed by atoms with Crippen molar-refractivity contribution in [3.63, 3.8) is 0 Å². The second-order valence-electron chi connectivity index (χ2n) is 3.69. The lowest BCUT2D eigenvalue weighted by Crippen LogP contribution is -2.30. The van der Waals surface area contributed by atoms with E-state index in [2.05, 4.69) is 14.9 Å². The van der Waals surface area contributed by atoms with Crippen LogP contribution >= 0.6 is 35.0 Å². The number of hydrogen-bond acceptors (Lipinski definition) is 4. The Hall–Kier alpha value is -0.190. The number of nitrogens with zero attached hydrogens (tertiary/aromatic N) is 3. The van der Waals surface area contributed by atoms with Gasteiger partial charge in [-0.2, -0.15) is 0 Å². The highest BCUT2D eigenvalue weighted by Crippen LogP contribution is 2.34. The van der Waals surface area contributed by atoms with E-state index in [1.807, 2.05) is 6.26 Å². The second kappa shape index (κ2) is 5.43. The number of anilines is 1. The van der Waals surface area contributed by atoms with Gasteiger partial charge in [0.15, 0.2) is 15.5 Å². The highest BCUT2D eigenvalue weighted by atomic mass is 35.5. The molecular formula is C10H13Cl2N3S. The minimum absolute atomic E-state index is 0.464. The number of rotatable bonds is 2. The van der Waals surface area contributed by atoms with Crippen molar-refractivity contribution in [3.8, 4) is 0 Å². The van der Waals surface area contributed by atoms with Crippen LogP contribution in [0.1, 0.15) is 19.3 Å². The van der Waals surface area contributed by atoms with Crippen molar-refractivity contribution in [1.82, 2.24) is 9.97 Å². The summed E-state index contributed by atoms with van der Waals surface area (Å²) in [5.74, 6) is 0. The van der Waals surface area contributed by atoms with E-state index in [4.69, 9.17) is 23.2 Å². The standard InChI is InChI=1S/C10H13Cl2N3S/c1-16-10-13-8(11)7(9(12)14-10)15-5-3-2-4-6-15/h2-6H2,1H3. The van der Waals surface area contributed by atoms with Gasteiger partial charge < -0.3 is 4.90 Å². The molecule has 0 bridgehead atoms. The van der Waals surface area contributed by atoms with Gasteiger partial charge in [0.05, 0.1) is 0 Å². The zero-order chi connectivity index (χ0) is 11.5. The van der Waals surface area contributed by atoms with E-state index in [1.54, 1.807) is 0 Å². The molecule has 0 aromatic carbocycles. The molecule has 0 atom stereocenters. The van der Waals surface area contributed by atoms with E-state index < -0.39 is 0 Å². The zero-order valence-electron chi connectivity index (χ0n) is 9.04. The third-order valence-corrected chi connectivity index (χ3v) is 3.71. The number of halogens is 2. The maximum absolute atomic E-state index is 6.16. The number of piperidine rings is 1. The summed E-state index contributed by atoms with van der Waals surface area (Å²) in [6.07, 6.45) is 5.53. The molecule has 0 radical (unpaired) electrons. The summed E-state index contributed by atoms with van der Waals surface area (Å²) >= 11 is 13.8. The maximum atomic E-state index is 6.16. The third-order valence-electron chi connectivity index (χ3n) is 2.63. The Morgan fingerprint density at radius 2 is 1.62 bits per heavy atom. The molecule has 1 fully saturated rings. The third kappa shape index (κ3) is 2.55. The zero-order valence-corrected chi connectivity index (χ0v) is 11.4. The predicted molar refractivity (Wildman–Crippen MR) is 69.9 cm³/mol. The minimum Gasteiger partial charge on any atom is -0.367 e. The van der Waals surface area contributed by atoms with E-state index in [-0.39, 0.29) is 0 Å². The summed E-state index contributed by atoms with van der Waals surface area (Å²) < 4.78 is 0. The summed E-state index contributed by atoms with van der Waals surface area (Å²) in [6.45, 7) is 1.98. The molecule has 1 aromatic rings. The molecule has 3 nitrogen and oxygen atoms in total. The molecule has 2 heterocycles. The van der Waals surface area contributed by atoms with E-state index >= 15 is 0 Å². The Labute approximate surface area is 110 Å². The molecule has 0 amide bonds. The van der Waals surface area contributed by atoms with Crippen LogP contribution < -0.4 is 4.90 Å². The summed E-state index contributed by atoms with van der Waals surface area (Å²) in [5.41, 5.74) is 0.792. The van der Waals surface area contributed by atoms with Crippen LogP contribution in [-0.4, -0.2) is 29.3 Å². The fourth-order valence-electron chi connectivity index (χ4n) is 1.85. The van der Waals surface area contributed by atoms with Crippen LogP contribution in [0.2, 0.25) is 10.3 Å². The molecule has 0 spiro atoms. The van der Waals surface area contributed by atoms with Gasteiger partial charge >= 0.3 is 0 Å². The lowest BCUT2D eigenvalue weighted by atomic mass is 10.1. The average molecular weight is 278 g/mol. The molecule has 1 aliphatic rings. The van der Waals surface area contributed by atoms with Gasteiger partial charge in [-0.25, -0.2) is 9.97 Å². The second-order valence-corrected chi connectivity index (χ2v) is 5.18. The first kappa shape index (κ1) is 12.3. The highest BCUT2D eigenvalue weighted by Gasteiger charge is 2.19. The van der Waals surface area contributed by atoms with Crippen molar-refractivity contribution < 1.29 is 0 Å². The summed E-state index contributed by atoms with van der Waals surface area (Å²) in [4.78, 5) is 10.6. The lowest BCUT2D eigenvalue weighted by molar-refractivity contribution is 0.576. The van der Waals surface area contributed by atoms with Gasteiger partial charge in [-0.1, -0.05) is 35.0 Å². The summed E-state index contributed by atoms with van der Waals surface area (Å²) in [6, 6.07) is 0. The van der Waals surface area contributed by atoms with Gasteiger partial charge in [-0.3, -0.25) is 0 Å². The molecule has 0 N–H and O–H groups in total. The van der Waals surface area contributed by atoms with E-state index in [0.29, 0.717) is 15.5 Å². The molecule has 16 heavy (non-hydrogen) atoms. The highest BCUT2D eigenvalue weighted by molar-refractivity contribution is 7.98. The van der Waals surface area contributed by atoms with Crippen LogP contribution in [0.5, 0.6) is 0 Å². The van der Waals surface area contributed by atoms with Crippen molar-refractivity contribution >= 4 is 40.7 Å². The molecule has 88 valence electrons. The van der Waals surface area contributed by atoms with Crippen LogP contribution in [0, 0.1) is 0 Å². The Balaban J connectivity index is 2.32. The van der Waals surface area contributed by atoms with Crippen LogP contribution in [0.3, 0.4) is 0 Å². The van der Waals surface area contributed by atoms with Crippen molar-refractivity contribution in [2.75, 3.05) is 24.2 Å². The Kier molecular flexibility index (Phi) is 4.16. The first-order chi connectivity index (χ1) is 7.72. The number of thioether (sulfide) groups is 1. The van der Waals surface area contributed by atoms with Crippen molar-refractivity contribution in [2.45, 2.75) is 24.4 Å². The molecule has 1 aliphatic heterocycles.